The highest BCUT2D eigenvalue weighted by Crippen LogP contribution is 2.23. The molecule has 0 saturated heterocycles. The zero-order chi connectivity index (χ0) is 20.9. The first-order valence-electron chi connectivity index (χ1n) is 9.68. The number of hydrogen-bond donors (Lipinski definition) is 1. The Morgan fingerprint density at radius 1 is 1.14 bits per heavy atom. The normalized spacial score (nSPS) is 11.3. The molecule has 29 heavy (non-hydrogen) atoms. The topological polar surface area (TPSA) is 77.3 Å². The Labute approximate surface area is 171 Å². The summed E-state index contributed by atoms with van der Waals surface area (Å²) >= 11 is 0. The van der Waals surface area contributed by atoms with Gasteiger partial charge in [0.25, 0.3) is 0 Å². The van der Waals surface area contributed by atoms with Crippen molar-refractivity contribution >= 4 is 5.91 Å². The van der Waals surface area contributed by atoms with E-state index in [0.29, 0.717) is 24.6 Å². The van der Waals surface area contributed by atoms with Gasteiger partial charge in [0.15, 0.2) is 0 Å². The number of ether oxygens (including phenoxy) is 1. The third kappa shape index (κ3) is 5.67. The quantitative estimate of drug-likeness (QED) is 0.648. The lowest BCUT2D eigenvalue weighted by atomic mass is 9.86. The molecule has 0 radical (unpaired) electrons. The predicted molar refractivity (Wildman–Crippen MR) is 112 cm³/mol. The fourth-order valence-corrected chi connectivity index (χ4v) is 2.90. The highest BCUT2D eigenvalue weighted by atomic mass is 16.5. The van der Waals surface area contributed by atoms with Gasteiger partial charge in [-0.15, -0.1) is 0 Å². The fourth-order valence-electron chi connectivity index (χ4n) is 2.90. The SMILES string of the molecule is COc1cccc(-c2noc(CNC(=O)CCc3ccc(C(C)(C)C)cc3)n2)c1. The number of aryl methyl sites for hydroxylation is 1. The van der Waals surface area contributed by atoms with Gasteiger partial charge in [-0.1, -0.05) is 62.3 Å². The van der Waals surface area contributed by atoms with E-state index in [1.807, 2.05) is 24.3 Å². The lowest BCUT2D eigenvalue weighted by Crippen LogP contribution is -2.23. The molecule has 6 heteroatoms. The van der Waals surface area contributed by atoms with Gasteiger partial charge >= 0.3 is 0 Å². The molecule has 6 nitrogen and oxygen atoms in total. The van der Waals surface area contributed by atoms with E-state index >= 15 is 0 Å². The molecule has 1 heterocycles. The number of hydrogen-bond acceptors (Lipinski definition) is 5. The molecule has 0 aliphatic heterocycles. The number of rotatable bonds is 7. The first-order chi connectivity index (χ1) is 13.8. The van der Waals surface area contributed by atoms with E-state index in [9.17, 15) is 4.79 Å². The minimum absolute atomic E-state index is 0.0500. The fraction of sp³-hybridized carbons (Fsp3) is 0.348. The van der Waals surface area contributed by atoms with Crippen molar-refractivity contribution in [2.24, 2.45) is 0 Å². The maximum absolute atomic E-state index is 12.2. The number of aromatic nitrogens is 2. The summed E-state index contributed by atoms with van der Waals surface area (Å²) in [6.45, 7) is 6.77. The van der Waals surface area contributed by atoms with Crippen LogP contribution >= 0.6 is 0 Å². The van der Waals surface area contributed by atoms with Crippen LogP contribution in [0, 0.1) is 0 Å². The smallest absolute Gasteiger partial charge is 0.246 e. The molecule has 0 fully saturated rings. The van der Waals surface area contributed by atoms with Crippen LogP contribution in [0.15, 0.2) is 53.1 Å². The highest BCUT2D eigenvalue weighted by molar-refractivity contribution is 5.76. The maximum atomic E-state index is 12.2. The minimum Gasteiger partial charge on any atom is -0.497 e. The van der Waals surface area contributed by atoms with Gasteiger partial charge in [0.05, 0.1) is 13.7 Å². The number of benzene rings is 2. The van der Waals surface area contributed by atoms with Gasteiger partial charge in [0, 0.05) is 12.0 Å². The molecule has 3 aromatic rings. The third-order valence-corrected chi connectivity index (χ3v) is 4.69. The number of methoxy groups -OCH3 is 1. The van der Waals surface area contributed by atoms with Crippen LogP contribution in [0.25, 0.3) is 11.4 Å². The van der Waals surface area contributed by atoms with Crippen molar-refractivity contribution < 1.29 is 14.1 Å². The Morgan fingerprint density at radius 3 is 2.59 bits per heavy atom. The van der Waals surface area contributed by atoms with Gasteiger partial charge in [-0.25, -0.2) is 0 Å². The summed E-state index contributed by atoms with van der Waals surface area (Å²) in [5.41, 5.74) is 3.36. The molecule has 1 aromatic heterocycles. The predicted octanol–water partition coefficient (Wildman–Crippen LogP) is 4.29. The number of carbonyl (C=O) groups excluding carboxylic acids is 1. The van der Waals surface area contributed by atoms with Gasteiger partial charge in [-0.3, -0.25) is 4.79 Å². The van der Waals surface area contributed by atoms with Crippen molar-refractivity contribution in [2.45, 2.75) is 45.6 Å². The average molecular weight is 393 g/mol. The molecule has 3 rings (SSSR count). The Bertz CT molecular complexity index is 956. The zero-order valence-corrected chi connectivity index (χ0v) is 17.4. The van der Waals surface area contributed by atoms with Gasteiger partial charge in [0.1, 0.15) is 5.75 Å². The second kappa shape index (κ2) is 8.90. The van der Waals surface area contributed by atoms with E-state index in [1.54, 1.807) is 7.11 Å². The van der Waals surface area contributed by atoms with E-state index in [1.165, 1.54) is 5.56 Å². The number of amides is 1. The Kier molecular flexibility index (Phi) is 6.32. The van der Waals surface area contributed by atoms with E-state index < -0.39 is 0 Å². The zero-order valence-electron chi connectivity index (χ0n) is 17.4. The van der Waals surface area contributed by atoms with Crippen molar-refractivity contribution in [3.8, 4) is 17.1 Å². The van der Waals surface area contributed by atoms with Crippen molar-refractivity contribution in [2.75, 3.05) is 7.11 Å². The Morgan fingerprint density at radius 2 is 1.90 bits per heavy atom. The van der Waals surface area contributed by atoms with Crippen molar-refractivity contribution in [1.82, 2.24) is 15.5 Å². The third-order valence-electron chi connectivity index (χ3n) is 4.69. The monoisotopic (exact) mass is 393 g/mol. The van der Waals surface area contributed by atoms with Crippen LogP contribution in [0.2, 0.25) is 0 Å². The lowest BCUT2D eigenvalue weighted by Gasteiger charge is -2.19. The summed E-state index contributed by atoms with van der Waals surface area (Å²) in [6, 6.07) is 15.9. The molecule has 152 valence electrons. The number of carbonyl (C=O) groups is 1. The second-order valence-corrected chi connectivity index (χ2v) is 7.97. The molecule has 0 spiro atoms. The summed E-state index contributed by atoms with van der Waals surface area (Å²) in [5.74, 6) is 1.50. The lowest BCUT2D eigenvalue weighted by molar-refractivity contribution is -0.121. The number of nitrogens with zero attached hydrogens (tertiary/aromatic N) is 2. The molecular formula is C23H27N3O3. The van der Waals surface area contributed by atoms with Crippen LogP contribution in [0.5, 0.6) is 5.75 Å². The largest absolute Gasteiger partial charge is 0.497 e. The number of nitrogens with one attached hydrogen (secondary N) is 1. The molecule has 0 bridgehead atoms. The van der Waals surface area contributed by atoms with E-state index in [4.69, 9.17) is 9.26 Å². The van der Waals surface area contributed by atoms with Crippen LogP contribution in [-0.4, -0.2) is 23.2 Å². The van der Waals surface area contributed by atoms with E-state index in [0.717, 1.165) is 16.9 Å². The van der Waals surface area contributed by atoms with Gasteiger partial charge in [-0.05, 0) is 35.1 Å². The molecule has 1 N–H and O–H groups in total. The molecule has 0 unspecified atom stereocenters. The summed E-state index contributed by atoms with van der Waals surface area (Å²) in [6.07, 6.45) is 1.10. The van der Waals surface area contributed by atoms with Gasteiger partial charge < -0.3 is 14.6 Å². The van der Waals surface area contributed by atoms with Crippen LogP contribution < -0.4 is 10.1 Å². The first kappa shape index (κ1) is 20.6. The summed E-state index contributed by atoms with van der Waals surface area (Å²) < 4.78 is 10.4. The Hall–Kier alpha value is -3.15. The van der Waals surface area contributed by atoms with Crippen LogP contribution in [0.1, 0.15) is 44.2 Å². The second-order valence-electron chi connectivity index (χ2n) is 7.97. The molecule has 1 amide bonds. The minimum atomic E-state index is -0.0500. The average Bonchev–Trinajstić information content (AvgIpc) is 3.19. The highest BCUT2D eigenvalue weighted by Gasteiger charge is 2.13. The van der Waals surface area contributed by atoms with Crippen LogP contribution in [-0.2, 0) is 23.2 Å². The van der Waals surface area contributed by atoms with Gasteiger partial charge in [0.2, 0.25) is 17.6 Å². The summed E-state index contributed by atoms with van der Waals surface area (Å²) in [5, 5.41) is 6.80. The maximum Gasteiger partial charge on any atom is 0.246 e. The summed E-state index contributed by atoms with van der Waals surface area (Å²) in [4.78, 5) is 16.5. The van der Waals surface area contributed by atoms with E-state index in [2.05, 4.69) is 60.5 Å². The molecule has 2 aromatic carbocycles. The molecule has 0 atom stereocenters. The van der Waals surface area contributed by atoms with Crippen LogP contribution in [0.3, 0.4) is 0 Å². The Balaban J connectivity index is 1.49. The summed E-state index contributed by atoms with van der Waals surface area (Å²) in [7, 11) is 1.61. The van der Waals surface area contributed by atoms with Gasteiger partial charge in [-0.2, -0.15) is 4.98 Å². The first-order valence-corrected chi connectivity index (χ1v) is 9.68. The molecule has 0 saturated carbocycles. The van der Waals surface area contributed by atoms with Crippen molar-refractivity contribution in [3.05, 3.63) is 65.5 Å². The van der Waals surface area contributed by atoms with E-state index in [-0.39, 0.29) is 17.9 Å². The molecule has 0 aliphatic rings. The van der Waals surface area contributed by atoms with Crippen LogP contribution in [0.4, 0.5) is 0 Å². The molecule has 0 aliphatic carbocycles. The van der Waals surface area contributed by atoms with Crippen molar-refractivity contribution in [3.63, 3.8) is 0 Å². The molecular weight excluding hydrogens is 366 g/mol. The standard InChI is InChI=1S/C23H27N3O3/c1-23(2,3)18-11-8-16(9-12-18)10-13-20(27)24-15-21-25-22(26-29-21)17-6-5-7-19(14-17)28-4/h5-9,11-12,14H,10,13,15H2,1-4H3,(H,24,27). The van der Waals surface area contributed by atoms with Crippen molar-refractivity contribution in [1.29, 1.82) is 0 Å².